The van der Waals surface area contributed by atoms with Crippen LogP contribution in [-0.4, -0.2) is 26.6 Å². The number of nitrogens with one attached hydrogen (secondary N) is 1. The molecule has 0 saturated heterocycles. The van der Waals surface area contributed by atoms with Crippen LogP contribution in [0.25, 0.3) is 10.2 Å². The second-order valence-electron chi connectivity index (χ2n) is 7.44. The van der Waals surface area contributed by atoms with Gasteiger partial charge in [0.15, 0.2) is 5.13 Å². The van der Waals surface area contributed by atoms with Gasteiger partial charge < -0.3 is 5.32 Å². The molecule has 5 nitrogen and oxygen atoms in total. The molecule has 28 heavy (non-hydrogen) atoms. The standard InChI is InChI=1S/C20H24N4OS3/c1-10(2)17-23-18(16-11(3)12(4)27-19(16)24-17)26-9-15(25)22-20-21-13-7-5-6-8-14(13)28-20/h10H,5-9H2,1-4H3,(H,21,22,25). The Morgan fingerprint density at radius 2 is 1.93 bits per heavy atom. The molecule has 3 aromatic rings. The second kappa shape index (κ2) is 8.08. The summed E-state index contributed by atoms with van der Waals surface area (Å²) in [4.78, 5) is 30.3. The van der Waals surface area contributed by atoms with Crippen molar-refractivity contribution in [1.29, 1.82) is 0 Å². The van der Waals surface area contributed by atoms with Crippen molar-refractivity contribution in [3.63, 3.8) is 0 Å². The first-order chi connectivity index (χ1) is 13.4. The maximum atomic E-state index is 12.5. The van der Waals surface area contributed by atoms with Gasteiger partial charge in [0.05, 0.1) is 11.4 Å². The van der Waals surface area contributed by atoms with Crippen LogP contribution in [0.4, 0.5) is 5.13 Å². The number of thiazole rings is 1. The van der Waals surface area contributed by atoms with Crippen LogP contribution >= 0.6 is 34.4 Å². The van der Waals surface area contributed by atoms with E-state index >= 15 is 0 Å². The molecule has 0 unspecified atom stereocenters. The van der Waals surface area contributed by atoms with Crippen LogP contribution < -0.4 is 5.32 Å². The first-order valence-corrected chi connectivity index (χ1v) is 12.2. The van der Waals surface area contributed by atoms with Crippen molar-refractivity contribution in [3.8, 4) is 0 Å². The Balaban J connectivity index is 1.51. The van der Waals surface area contributed by atoms with E-state index in [-0.39, 0.29) is 11.8 Å². The lowest BCUT2D eigenvalue weighted by molar-refractivity contribution is -0.113. The molecule has 0 spiro atoms. The van der Waals surface area contributed by atoms with E-state index in [0.717, 1.165) is 39.0 Å². The van der Waals surface area contributed by atoms with Crippen molar-refractivity contribution in [2.75, 3.05) is 11.1 Å². The Bertz CT molecular complexity index is 1010. The van der Waals surface area contributed by atoms with Crippen LogP contribution in [0, 0.1) is 13.8 Å². The number of hydrogen-bond acceptors (Lipinski definition) is 7. The maximum absolute atomic E-state index is 12.5. The third kappa shape index (κ3) is 3.95. The van der Waals surface area contributed by atoms with Crippen molar-refractivity contribution in [1.82, 2.24) is 15.0 Å². The molecule has 1 aliphatic carbocycles. The van der Waals surface area contributed by atoms with Gasteiger partial charge in [-0.05, 0) is 45.1 Å². The molecule has 3 aromatic heterocycles. The highest BCUT2D eigenvalue weighted by Crippen LogP contribution is 2.36. The fourth-order valence-electron chi connectivity index (χ4n) is 3.29. The highest BCUT2D eigenvalue weighted by molar-refractivity contribution is 8.00. The molecule has 8 heteroatoms. The number of amides is 1. The minimum atomic E-state index is -0.0291. The monoisotopic (exact) mass is 432 g/mol. The van der Waals surface area contributed by atoms with Crippen LogP contribution in [-0.2, 0) is 17.6 Å². The first kappa shape index (κ1) is 19.8. The van der Waals surface area contributed by atoms with Crippen molar-refractivity contribution >= 4 is 55.7 Å². The number of carbonyl (C=O) groups is 1. The average Bonchev–Trinajstić information content (AvgIpc) is 3.19. The van der Waals surface area contributed by atoms with Crippen molar-refractivity contribution in [2.45, 2.75) is 64.3 Å². The Morgan fingerprint density at radius 1 is 1.14 bits per heavy atom. The van der Waals surface area contributed by atoms with E-state index in [0.29, 0.717) is 5.75 Å². The van der Waals surface area contributed by atoms with Crippen LogP contribution in [0.2, 0.25) is 0 Å². The van der Waals surface area contributed by atoms with Gasteiger partial charge >= 0.3 is 0 Å². The van der Waals surface area contributed by atoms with Gasteiger partial charge in [-0.1, -0.05) is 25.6 Å². The number of aryl methyl sites for hydroxylation is 4. The summed E-state index contributed by atoms with van der Waals surface area (Å²) >= 11 is 4.82. The Kier molecular flexibility index (Phi) is 5.71. The first-order valence-electron chi connectivity index (χ1n) is 9.61. The number of aromatic nitrogens is 3. The number of hydrogen-bond donors (Lipinski definition) is 1. The van der Waals surface area contributed by atoms with E-state index in [4.69, 9.17) is 9.97 Å². The lowest BCUT2D eigenvalue weighted by Crippen LogP contribution is -2.14. The third-order valence-electron chi connectivity index (χ3n) is 4.96. The highest BCUT2D eigenvalue weighted by atomic mass is 32.2. The van der Waals surface area contributed by atoms with Crippen LogP contribution in [0.1, 0.15) is 59.4 Å². The van der Waals surface area contributed by atoms with Gasteiger partial charge in [-0.25, -0.2) is 15.0 Å². The van der Waals surface area contributed by atoms with Gasteiger partial charge in [-0.3, -0.25) is 4.79 Å². The highest BCUT2D eigenvalue weighted by Gasteiger charge is 2.19. The molecule has 0 radical (unpaired) electrons. The minimum Gasteiger partial charge on any atom is -0.301 e. The maximum Gasteiger partial charge on any atom is 0.236 e. The van der Waals surface area contributed by atoms with Crippen molar-refractivity contribution in [3.05, 3.63) is 26.8 Å². The number of thiophene rings is 1. The van der Waals surface area contributed by atoms with E-state index in [1.807, 2.05) is 0 Å². The van der Waals surface area contributed by atoms with Gasteiger partial charge in [-0.15, -0.1) is 22.7 Å². The molecule has 0 aliphatic heterocycles. The van der Waals surface area contributed by atoms with Crippen molar-refractivity contribution < 1.29 is 4.79 Å². The zero-order chi connectivity index (χ0) is 19.8. The topological polar surface area (TPSA) is 67.8 Å². The van der Waals surface area contributed by atoms with E-state index in [9.17, 15) is 4.79 Å². The predicted octanol–water partition coefficient (Wildman–Crippen LogP) is 5.50. The number of fused-ring (bicyclic) bond motifs is 2. The van der Waals surface area contributed by atoms with Crippen molar-refractivity contribution in [2.24, 2.45) is 0 Å². The van der Waals surface area contributed by atoms with Gasteiger partial charge in [0, 0.05) is 21.1 Å². The van der Waals surface area contributed by atoms with Gasteiger partial charge in [0.2, 0.25) is 5.91 Å². The molecule has 0 fully saturated rings. The molecule has 4 rings (SSSR count). The van der Waals surface area contributed by atoms with E-state index < -0.39 is 0 Å². The number of nitrogens with zero attached hydrogens (tertiary/aromatic N) is 3. The van der Waals surface area contributed by atoms with Gasteiger partial charge in [-0.2, -0.15) is 0 Å². The number of anilines is 1. The second-order valence-corrected chi connectivity index (χ2v) is 10.7. The normalized spacial score (nSPS) is 13.9. The zero-order valence-corrected chi connectivity index (χ0v) is 19.0. The Morgan fingerprint density at radius 3 is 2.68 bits per heavy atom. The molecular formula is C20H24N4OS3. The van der Waals surface area contributed by atoms with Crippen LogP contribution in [0.5, 0.6) is 0 Å². The SMILES string of the molecule is Cc1sc2nc(C(C)C)nc(SCC(=O)Nc3nc4c(s3)CCCC4)c2c1C. The summed E-state index contributed by atoms with van der Waals surface area (Å²) in [5.74, 6) is 1.38. The lowest BCUT2D eigenvalue weighted by Gasteiger charge is -2.09. The number of thioether (sulfide) groups is 1. The third-order valence-corrected chi connectivity index (χ3v) is 8.11. The summed E-state index contributed by atoms with van der Waals surface area (Å²) in [6, 6.07) is 0. The molecule has 3 heterocycles. The predicted molar refractivity (Wildman–Crippen MR) is 119 cm³/mol. The molecule has 1 aliphatic rings. The molecule has 1 N–H and O–H groups in total. The molecule has 148 valence electrons. The van der Waals surface area contributed by atoms with E-state index in [1.54, 1.807) is 22.7 Å². The summed E-state index contributed by atoms with van der Waals surface area (Å²) in [5.41, 5.74) is 2.38. The molecule has 1 amide bonds. The van der Waals surface area contributed by atoms with E-state index in [2.05, 4.69) is 38.0 Å². The van der Waals surface area contributed by atoms with Crippen LogP contribution in [0.3, 0.4) is 0 Å². The molecule has 0 atom stereocenters. The fourth-order valence-corrected chi connectivity index (χ4v) is 6.34. The van der Waals surface area contributed by atoms with E-state index in [1.165, 1.54) is 45.6 Å². The number of carbonyl (C=O) groups excluding carboxylic acids is 1. The average molecular weight is 433 g/mol. The summed E-state index contributed by atoms with van der Waals surface area (Å²) < 4.78 is 0. The van der Waals surface area contributed by atoms with Gasteiger partial charge in [0.1, 0.15) is 15.7 Å². The van der Waals surface area contributed by atoms with Gasteiger partial charge in [0.25, 0.3) is 0 Å². The molecule has 0 aromatic carbocycles. The summed E-state index contributed by atoms with van der Waals surface area (Å²) in [6.45, 7) is 8.42. The minimum absolute atomic E-state index is 0.0291. The zero-order valence-electron chi connectivity index (χ0n) is 16.6. The Hall–Kier alpha value is -1.51. The summed E-state index contributed by atoms with van der Waals surface area (Å²) in [7, 11) is 0. The lowest BCUT2D eigenvalue weighted by atomic mass is 10.0. The largest absolute Gasteiger partial charge is 0.301 e. The molecule has 0 bridgehead atoms. The Labute approximate surface area is 177 Å². The fraction of sp³-hybridized carbons (Fsp3) is 0.500. The summed E-state index contributed by atoms with van der Waals surface area (Å²) in [6.07, 6.45) is 4.54. The molecule has 0 saturated carbocycles. The smallest absolute Gasteiger partial charge is 0.236 e. The van der Waals surface area contributed by atoms with Crippen LogP contribution in [0.15, 0.2) is 5.03 Å². The number of rotatable bonds is 5. The molecular weight excluding hydrogens is 408 g/mol. The summed E-state index contributed by atoms with van der Waals surface area (Å²) in [5, 5.41) is 5.71. The quantitative estimate of drug-likeness (QED) is 0.426.